The first-order valence-electron chi connectivity index (χ1n) is 15.4. The molecule has 1 unspecified atom stereocenters. The molecule has 1 amide bonds. The lowest BCUT2D eigenvalue weighted by Crippen LogP contribution is -2.57. The number of carboxylic acid groups (broad SMARTS) is 1. The minimum Gasteiger partial charge on any atom is -0.479 e. The molecule has 3 fully saturated rings. The summed E-state index contributed by atoms with van der Waals surface area (Å²) in [5.74, 6) is -1.74. The van der Waals surface area contributed by atoms with E-state index >= 15 is 0 Å². The molecule has 2 bridgehead atoms. The summed E-state index contributed by atoms with van der Waals surface area (Å²) < 4.78 is 1.89. The molecule has 0 radical (unpaired) electrons. The average molecular weight is 566 g/mol. The van der Waals surface area contributed by atoms with Crippen molar-refractivity contribution < 1.29 is 19.5 Å². The van der Waals surface area contributed by atoms with Gasteiger partial charge in [0.15, 0.2) is 5.69 Å². The molecule has 2 aliphatic heterocycles. The first kappa shape index (κ1) is 29.2. The Balaban J connectivity index is 1.50. The third kappa shape index (κ3) is 6.97. The number of para-hydroxylation sites is 2. The normalized spacial score (nSPS) is 24.8. The van der Waals surface area contributed by atoms with Crippen molar-refractivity contribution in [3.63, 3.8) is 0 Å². The molecule has 3 aliphatic rings. The fourth-order valence-electron chi connectivity index (χ4n) is 7.42. The Hall–Kier alpha value is -3.27. The van der Waals surface area contributed by atoms with Crippen LogP contribution in [0.3, 0.4) is 0 Å². The highest BCUT2D eigenvalue weighted by atomic mass is 16.6. The van der Waals surface area contributed by atoms with E-state index in [4.69, 9.17) is 15.7 Å². The van der Waals surface area contributed by atoms with Crippen molar-refractivity contribution in [2.45, 2.75) is 120 Å². The molecule has 1 aromatic carbocycles. The van der Waals surface area contributed by atoms with Crippen LogP contribution in [-0.2, 0) is 14.4 Å². The number of primary amides is 1. The summed E-state index contributed by atoms with van der Waals surface area (Å²) in [6.45, 7) is -0.662. The van der Waals surface area contributed by atoms with Crippen molar-refractivity contribution in [1.82, 2.24) is 14.5 Å². The van der Waals surface area contributed by atoms with Crippen LogP contribution in [0.25, 0.3) is 11.0 Å². The van der Waals surface area contributed by atoms with Crippen LogP contribution in [0, 0.1) is 0 Å². The van der Waals surface area contributed by atoms with Gasteiger partial charge in [0.05, 0.1) is 11.0 Å². The van der Waals surface area contributed by atoms with Crippen molar-refractivity contribution in [3.05, 3.63) is 40.3 Å². The molecule has 3 heterocycles. The van der Waals surface area contributed by atoms with Crippen molar-refractivity contribution in [2.75, 3.05) is 6.61 Å². The number of carboxylic acids is 1. The third-order valence-electron chi connectivity index (χ3n) is 9.16. The lowest BCUT2D eigenvalue weighted by molar-refractivity contribution is -0.142. The second-order valence-electron chi connectivity index (χ2n) is 12.0. The number of aromatic nitrogens is 2. The number of rotatable bonds is 9. The summed E-state index contributed by atoms with van der Waals surface area (Å²) in [6, 6.07) is 9.14. The molecular formula is C31H43N5O5. The van der Waals surface area contributed by atoms with Gasteiger partial charge in [-0.25, -0.2) is 9.78 Å². The maximum absolute atomic E-state index is 14.2. The number of oxime groups is 1. The van der Waals surface area contributed by atoms with Gasteiger partial charge < -0.3 is 20.2 Å². The first-order valence-corrected chi connectivity index (χ1v) is 15.4. The van der Waals surface area contributed by atoms with E-state index in [1.165, 1.54) is 57.8 Å². The summed E-state index contributed by atoms with van der Waals surface area (Å²) in [5, 5.41) is 13.0. The summed E-state index contributed by atoms with van der Waals surface area (Å²) in [6.07, 6.45) is 15.9. The fourth-order valence-corrected chi connectivity index (χ4v) is 7.42. The molecule has 2 aromatic rings. The Kier molecular flexibility index (Phi) is 9.69. The zero-order valence-corrected chi connectivity index (χ0v) is 23.9. The van der Waals surface area contributed by atoms with E-state index in [1.54, 1.807) is 0 Å². The van der Waals surface area contributed by atoms with Crippen LogP contribution in [0.2, 0.25) is 0 Å². The Morgan fingerprint density at radius 1 is 0.902 bits per heavy atom. The van der Waals surface area contributed by atoms with Gasteiger partial charge in [-0.2, -0.15) is 0 Å². The van der Waals surface area contributed by atoms with Gasteiger partial charge in [-0.3, -0.25) is 14.5 Å². The van der Waals surface area contributed by atoms with E-state index < -0.39 is 18.5 Å². The molecule has 1 saturated carbocycles. The lowest BCUT2D eigenvalue weighted by Gasteiger charge is -2.53. The number of aliphatic carboxylic acids is 1. The molecule has 222 valence electrons. The van der Waals surface area contributed by atoms with Crippen LogP contribution in [0.5, 0.6) is 0 Å². The molecule has 41 heavy (non-hydrogen) atoms. The Morgan fingerprint density at radius 2 is 1.54 bits per heavy atom. The highest BCUT2D eigenvalue weighted by molar-refractivity contribution is 6.01. The number of benzene rings is 1. The quantitative estimate of drug-likeness (QED) is 0.336. The highest BCUT2D eigenvalue weighted by Gasteiger charge is 2.42. The number of nitrogens with two attached hydrogens (primary N) is 1. The van der Waals surface area contributed by atoms with Gasteiger partial charge in [-0.1, -0.05) is 62.2 Å². The molecule has 3 atom stereocenters. The number of carbonyl (C=O) groups is 2. The van der Waals surface area contributed by atoms with Crippen LogP contribution in [0.15, 0.2) is 34.2 Å². The predicted octanol–water partition coefficient (Wildman–Crippen LogP) is 4.53. The van der Waals surface area contributed by atoms with Crippen molar-refractivity contribution in [1.29, 1.82) is 0 Å². The fraction of sp³-hybridized carbons (Fsp3) is 0.645. The number of hydrogen-bond acceptors (Lipinski definition) is 7. The Labute approximate surface area is 240 Å². The van der Waals surface area contributed by atoms with E-state index in [0.29, 0.717) is 23.6 Å². The second kappa shape index (κ2) is 13.6. The van der Waals surface area contributed by atoms with Gasteiger partial charge in [0.2, 0.25) is 12.5 Å². The molecule has 1 aliphatic carbocycles. The summed E-state index contributed by atoms with van der Waals surface area (Å²) in [5.41, 5.74) is 6.75. The van der Waals surface area contributed by atoms with E-state index in [9.17, 15) is 14.4 Å². The smallest absolute Gasteiger partial charge is 0.344 e. The molecule has 2 saturated heterocycles. The lowest BCUT2D eigenvalue weighted by atomic mass is 9.79. The first-order chi connectivity index (χ1) is 19.9. The van der Waals surface area contributed by atoms with Crippen LogP contribution in [0.1, 0.15) is 108 Å². The van der Waals surface area contributed by atoms with Gasteiger partial charge in [-0.15, -0.1) is 0 Å². The van der Waals surface area contributed by atoms with E-state index in [-0.39, 0.29) is 35.8 Å². The Bertz CT molecular complexity index is 1300. The number of nitrogens with zero attached hydrogens (tertiary/aromatic N) is 4. The number of carbonyl (C=O) groups excluding carboxylic acids is 1. The summed E-state index contributed by atoms with van der Waals surface area (Å²) in [7, 11) is 0. The minimum atomic E-state index is -1.19. The maximum Gasteiger partial charge on any atom is 0.344 e. The average Bonchev–Trinajstić information content (AvgIpc) is 3.08. The molecule has 10 heteroatoms. The molecule has 10 nitrogen and oxygen atoms in total. The van der Waals surface area contributed by atoms with E-state index in [2.05, 4.69) is 15.0 Å². The van der Waals surface area contributed by atoms with Crippen molar-refractivity contribution in [3.8, 4) is 0 Å². The molecule has 0 spiro atoms. The molecular weight excluding hydrogens is 522 g/mol. The van der Waals surface area contributed by atoms with Gasteiger partial charge in [0.1, 0.15) is 5.71 Å². The van der Waals surface area contributed by atoms with E-state index in [0.717, 1.165) is 31.2 Å². The van der Waals surface area contributed by atoms with Crippen molar-refractivity contribution >= 4 is 28.6 Å². The molecule has 3 N–H and O–H groups in total. The zero-order chi connectivity index (χ0) is 28.8. The van der Waals surface area contributed by atoms with Gasteiger partial charge in [-0.05, 0) is 50.7 Å². The van der Waals surface area contributed by atoms with Crippen LogP contribution in [0.4, 0.5) is 0 Å². The predicted molar refractivity (Wildman–Crippen MR) is 157 cm³/mol. The number of fused-ring (bicyclic) bond motifs is 3. The van der Waals surface area contributed by atoms with Gasteiger partial charge in [0, 0.05) is 37.0 Å². The summed E-state index contributed by atoms with van der Waals surface area (Å²) in [4.78, 5) is 49.3. The zero-order valence-electron chi connectivity index (χ0n) is 23.9. The van der Waals surface area contributed by atoms with Crippen LogP contribution >= 0.6 is 0 Å². The van der Waals surface area contributed by atoms with Gasteiger partial charge in [0.25, 0.3) is 5.56 Å². The minimum absolute atomic E-state index is 0.00867. The van der Waals surface area contributed by atoms with E-state index in [1.807, 2.05) is 28.8 Å². The molecule has 1 aromatic heterocycles. The monoisotopic (exact) mass is 565 g/mol. The Morgan fingerprint density at radius 3 is 2.20 bits per heavy atom. The number of amides is 1. The van der Waals surface area contributed by atoms with Gasteiger partial charge >= 0.3 is 5.97 Å². The van der Waals surface area contributed by atoms with Crippen LogP contribution in [-0.4, -0.2) is 61.9 Å². The number of piperidine rings is 2. The SMILES string of the molecule is NC(=O)CC/C(=N\OCC(=O)O)c1nc2ccccc2n(C2C[C@H]3CCC[C@@H](C2)N3C2CCCCCCCC2)c1=O. The standard InChI is InChI=1S/C31H43N5O5/c32-28(37)17-16-26(34-41-20-29(38)39)30-31(40)36(27-15-8-7-14-25(27)33-30)24-18-22-12-9-13-23(19-24)35(22)21-10-5-3-1-2-4-6-11-21/h7-8,14-15,21-24H,1-6,9-13,16-20H2,(H2,32,37)(H,38,39)/b34-26+/t22-,23+,24?. The largest absolute Gasteiger partial charge is 0.479 e. The second-order valence-corrected chi connectivity index (χ2v) is 12.0. The van der Waals surface area contributed by atoms with Crippen molar-refractivity contribution in [2.24, 2.45) is 10.9 Å². The molecule has 5 rings (SSSR count). The summed E-state index contributed by atoms with van der Waals surface area (Å²) >= 11 is 0. The number of hydrogen-bond donors (Lipinski definition) is 2. The van der Waals surface area contributed by atoms with Crippen LogP contribution < -0.4 is 11.3 Å². The highest BCUT2D eigenvalue weighted by Crippen LogP contribution is 2.42. The maximum atomic E-state index is 14.2. The third-order valence-corrected chi connectivity index (χ3v) is 9.16. The topological polar surface area (TPSA) is 140 Å².